The van der Waals surface area contributed by atoms with Crippen LogP contribution < -0.4 is 9.47 Å². The molecule has 0 N–H and O–H groups in total. The number of hydrogen-bond donors (Lipinski definition) is 0. The molecule has 7 heteroatoms. The van der Waals surface area contributed by atoms with Crippen LogP contribution >= 0.6 is 0 Å². The number of hydrogen-bond acceptors (Lipinski definition) is 5. The van der Waals surface area contributed by atoms with E-state index in [1.165, 1.54) is 6.26 Å². The van der Waals surface area contributed by atoms with E-state index in [0.29, 0.717) is 50.0 Å². The maximum Gasteiger partial charge on any atom is 0.289 e. The van der Waals surface area contributed by atoms with Crippen LogP contribution in [0.3, 0.4) is 0 Å². The summed E-state index contributed by atoms with van der Waals surface area (Å²) in [4.78, 5) is 28.2. The van der Waals surface area contributed by atoms with Crippen molar-refractivity contribution in [1.82, 2.24) is 9.80 Å². The molecule has 1 aliphatic heterocycles. The number of ether oxygens (including phenoxy) is 2. The average Bonchev–Trinajstić information content (AvgIpc) is 3.27. The van der Waals surface area contributed by atoms with Crippen LogP contribution in [-0.2, 0) is 4.79 Å². The molecule has 1 aliphatic rings. The van der Waals surface area contributed by atoms with Gasteiger partial charge in [-0.2, -0.15) is 0 Å². The molecular weight excluding hydrogens is 360 g/mol. The first-order chi connectivity index (χ1) is 13.6. The van der Waals surface area contributed by atoms with Gasteiger partial charge >= 0.3 is 0 Å². The number of rotatable bonds is 6. The topological polar surface area (TPSA) is 72.2 Å². The minimum atomic E-state index is -0.144. The van der Waals surface area contributed by atoms with Crippen molar-refractivity contribution in [2.75, 3.05) is 39.9 Å². The maximum atomic E-state index is 12.5. The van der Waals surface area contributed by atoms with Gasteiger partial charge in [0.25, 0.3) is 5.91 Å². The van der Waals surface area contributed by atoms with Crippen molar-refractivity contribution in [3.8, 4) is 11.5 Å². The number of furan rings is 1. The second-order valence-electron chi connectivity index (χ2n) is 6.27. The Hall–Kier alpha value is -3.22. The van der Waals surface area contributed by atoms with Crippen molar-refractivity contribution in [2.24, 2.45) is 0 Å². The van der Waals surface area contributed by atoms with Gasteiger partial charge in [0.05, 0.1) is 20.0 Å². The van der Waals surface area contributed by atoms with E-state index in [1.807, 2.05) is 25.1 Å². The molecule has 2 aromatic rings. The Kier molecular flexibility index (Phi) is 6.37. The van der Waals surface area contributed by atoms with Gasteiger partial charge in [-0.25, -0.2) is 0 Å². The quantitative estimate of drug-likeness (QED) is 0.716. The normalized spacial score (nSPS) is 14.4. The molecule has 0 aliphatic carbocycles. The number of amides is 2. The average molecular weight is 384 g/mol. The smallest absolute Gasteiger partial charge is 0.289 e. The van der Waals surface area contributed by atoms with Crippen LogP contribution in [0.1, 0.15) is 23.0 Å². The second kappa shape index (κ2) is 9.12. The lowest BCUT2D eigenvalue weighted by Gasteiger charge is -2.33. The molecule has 0 unspecified atom stereocenters. The Morgan fingerprint density at radius 3 is 2.50 bits per heavy atom. The number of nitrogens with zero attached hydrogens (tertiary/aromatic N) is 2. The van der Waals surface area contributed by atoms with Gasteiger partial charge in [-0.05, 0) is 42.8 Å². The summed E-state index contributed by atoms with van der Waals surface area (Å²) < 4.78 is 16.0. The van der Waals surface area contributed by atoms with Crippen LogP contribution in [0.15, 0.2) is 47.1 Å². The zero-order valence-electron chi connectivity index (χ0n) is 16.1. The van der Waals surface area contributed by atoms with Crippen molar-refractivity contribution in [3.05, 3.63) is 54.0 Å². The molecule has 0 atom stereocenters. The van der Waals surface area contributed by atoms with E-state index < -0.39 is 0 Å². The molecule has 1 fully saturated rings. The molecule has 3 rings (SSSR count). The van der Waals surface area contributed by atoms with E-state index in [-0.39, 0.29) is 11.8 Å². The summed E-state index contributed by atoms with van der Waals surface area (Å²) in [6.45, 7) is 4.41. The fourth-order valence-corrected chi connectivity index (χ4v) is 3.02. The predicted octanol–water partition coefficient (Wildman–Crippen LogP) is 2.68. The van der Waals surface area contributed by atoms with Gasteiger partial charge in [-0.3, -0.25) is 9.59 Å². The fourth-order valence-electron chi connectivity index (χ4n) is 3.02. The minimum Gasteiger partial charge on any atom is -0.493 e. The highest BCUT2D eigenvalue weighted by Gasteiger charge is 2.25. The van der Waals surface area contributed by atoms with E-state index >= 15 is 0 Å². The first-order valence-corrected chi connectivity index (χ1v) is 9.23. The van der Waals surface area contributed by atoms with E-state index in [1.54, 1.807) is 41.2 Å². The molecule has 0 bridgehead atoms. The van der Waals surface area contributed by atoms with Crippen LogP contribution in [0.4, 0.5) is 0 Å². The Balaban J connectivity index is 1.56. The molecule has 28 heavy (non-hydrogen) atoms. The van der Waals surface area contributed by atoms with Gasteiger partial charge in [0, 0.05) is 32.3 Å². The summed E-state index contributed by atoms with van der Waals surface area (Å²) in [7, 11) is 1.58. The molecule has 2 heterocycles. The first kappa shape index (κ1) is 19.5. The molecular formula is C21H24N2O5. The van der Waals surface area contributed by atoms with E-state index in [9.17, 15) is 9.59 Å². The van der Waals surface area contributed by atoms with Gasteiger partial charge in [-0.15, -0.1) is 0 Å². The SMILES string of the molecule is CCOc1ccc(/C=C/C(=O)N2CCN(C(=O)c3ccco3)CC2)cc1OC. The summed E-state index contributed by atoms with van der Waals surface area (Å²) in [5.41, 5.74) is 0.847. The van der Waals surface area contributed by atoms with Crippen molar-refractivity contribution >= 4 is 17.9 Å². The van der Waals surface area contributed by atoms with Gasteiger partial charge in [0.2, 0.25) is 5.91 Å². The molecule has 1 aromatic heterocycles. The van der Waals surface area contributed by atoms with Gasteiger partial charge in [0.15, 0.2) is 17.3 Å². The maximum absolute atomic E-state index is 12.5. The van der Waals surface area contributed by atoms with Crippen molar-refractivity contribution < 1.29 is 23.5 Å². The third-order valence-corrected chi connectivity index (χ3v) is 4.52. The van der Waals surface area contributed by atoms with Crippen LogP contribution in [0.5, 0.6) is 11.5 Å². The Labute approximate surface area is 164 Å². The number of methoxy groups -OCH3 is 1. The Bertz CT molecular complexity index is 836. The van der Waals surface area contributed by atoms with Crippen LogP contribution in [0.25, 0.3) is 6.08 Å². The van der Waals surface area contributed by atoms with E-state index in [2.05, 4.69) is 0 Å². The standard InChI is InChI=1S/C21H24N2O5/c1-3-27-17-8-6-16(15-19(17)26-2)7-9-20(24)22-10-12-23(13-11-22)21(25)18-5-4-14-28-18/h4-9,14-15H,3,10-13H2,1-2H3/b9-7+. The number of carbonyl (C=O) groups excluding carboxylic acids is 2. The lowest BCUT2D eigenvalue weighted by Crippen LogP contribution is -2.50. The molecule has 1 aromatic carbocycles. The van der Waals surface area contributed by atoms with Crippen molar-refractivity contribution in [3.63, 3.8) is 0 Å². The highest BCUT2D eigenvalue weighted by Crippen LogP contribution is 2.28. The molecule has 0 spiro atoms. The van der Waals surface area contributed by atoms with Crippen molar-refractivity contribution in [1.29, 1.82) is 0 Å². The predicted molar refractivity (Wildman–Crippen MR) is 104 cm³/mol. The van der Waals surface area contributed by atoms with Crippen molar-refractivity contribution in [2.45, 2.75) is 6.92 Å². The van der Waals surface area contributed by atoms with Gasteiger partial charge in [-0.1, -0.05) is 6.07 Å². The third kappa shape index (κ3) is 4.54. The fraction of sp³-hybridized carbons (Fsp3) is 0.333. The summed E-state index contributed by atoms with van der Waals surface area (Å²) in [6, 6.07) is 8.86. The molecule has 1 saturated heterocycles. The summed E-state index contributed by atoms with van der Waals surface area (Å²) in [5, 5.41) is 0. The summed E-state index contributed by atoms with van der Waals surface area (Å²) in [6.07, 6.45) is 4.77. The second-order valence-corrected chi connectivity index (χ2v) is 6.27. The zero-order chi connectivity index (χ0) is 19.9. The van der Waals surface area contributed by atoms with Gasteiger partial charge in [0.1, 0.15) is 0 Å². The highest BCUT2D eigenvalue weighted by molar-refractivity contribution is 5.93. The minimum absolute atomic E-state index is 0.0852. The third-order valence-electron chi connectivity index (χ3n) is 4.52. The number of piperazine rings is 1. The molecule has 0 saturated carbocycles. The van der Waals surface area contributed by atoms with Crippen LogP contribution in [-0.4, -0.2) is 61.5 Å². The molecule has 0 radical (unpaired) electrons. The lowest BCUT2D eigenvalue weighted by atomic mass is 10.2. The van der Waals surface area contributed by atoms with E-state index in [4.69, 9.17) is 13.9 Å². The summed E-state index contributed by atoms with van der Waals surface area (Å²) in [5.74, 6) is 1.39. The molecule has 2 amide bonds. The Morgan fingerprint density at radius 1 is 1.11 bits per heavy atom. The van der Waals surface area contributed by atoms with Gasteiger partial charge < -0.3 is 23.7 Å². The van der Waals surface area contributed by atoms with Crippen LogP contribution in [0.2, 0.25) is 0 Å². The molecule has 7 nitrogen and oxygen atoms in total. The Morgan fingerprint density at radius 2 is 1.86 bits per heavy atom. The highest BCUT2D eigenvalue weighted by atomic mass is 16.5. The first-order valence-electron chi connectivity index (χ1n) is 9.23. The zero-order valence-corrected chi connectivity index (χ0v) is 16.1. The number of carbonyl (C=O) groups is 2. The largest absolute Gasteiger partial charge is 0.493 e. The molecule has 148 valence electrons. The monoisotopic (exact) mass is 384 g/mol. The lowest BCUT2D eigenvalue weighted by molar-refractivity contribution is -0.127. The van der Waals surface area contributed by atoms with E-state index in [0.717, 1.165) is 5.56 Å². The summed E-state index contributed by atoms with van der Waals surface area (Å²) >= 11 is 0. The number of benzene rings is 1. The van der Waals surface area contributed by atoms with Crippen LogP contribution in [0, 0.1) is 0 Å².